The highest BCUT2D eigenvalue weighted by molar-refractivity contribution is 5.32. The highest BCUT2D eigenvalue weighted by Crippen LogP contribution is 2.18. The van der Waals surface area contributed by atoms with Crippen LogP contribution in [0.3, 0.4) is 0 Å². The Bertz CT molecular complexity index is 410. The summed E-state index contributed by atoms with van der Waals surface area (Å²) in [7, 11) is 0. The summed E-state index contributed by atoms with van der Waals surface area (Å²) in [6, 6.07) is 9.01. The van der Waals surface area contributed by atoms with Crippen molar-refractivity contribution in [2.45, 2.75) is 18.6 Å². The van der Waals surface area contributed by atoms with E-state index >= 15 is 0 Å². The molecule has 4 nitrogen and oxygen atoms in total. The average Bonchev–Trinajstić information content (AvgIpc) is 2.75. The van der Waals surface area contributed by atoms with Crippen LogP contribution >= 0.6 is 0 Å². The Balaban J connectivity index is 1.95. The van der Waals surface area contributed by atoms with Gasteiger partial charge in [-0.1, -0.05) is 12.1 Å². The molecule has 2 atom stereocenters. The summed E-state index contributed by atoms with van der Waals surface area (Å²) in [4.78, 5) is 2.05. The number of benzene rings is 1. The molecule has 0 radical (unpaired) electrons. The van der Waals surface area contributed by atoms with Gasteiger partial charge < -0.3 is 10.2 Å². The standard InChI is InChI=1S/C13H16N2O2/c14-7-10-1-3-11(4-2-10)13(17)9-15-6-5-12(16)8-15/h1-4,12-13,16-17H,5-6,8-9H2. The van der Waals surface area contributed by atoms with Gasteiger partial charge in [0.15, 0.2) is 0 Å². The average molecular weight is 232 g/mol. The van der Waals surface area contributed by atoms with Crippen LogP contribution in [0, 0.1) is 11.3 Å². The number of aliphatic hydroxyl groups excluding tert-OH is 2. The van der Waals surface area contributed by atoms with E-state index in [1.54, 1.807) is 24.3 Å². The fraction of sp³-hybridized carbons (Fsp3) is 0.462. The van der Waals surface area contributed by atoms with E-state index < -0.39 is 6.10 Å². The number of nitrogens with zero attached hydrogens (tertiary/aromatic N) is 2. The summed E-state index contributed by atoms with van der Waals surface area (Å²) < 4.78 is 0. The predicted molar refractivity (Wildman–Crippen MR) is 63.2 cm³/mol. The first kappa shape index (κ1) is 12.1. The summed E-state index contributed by atoms with van der Waals surface area (Å²) in [6.45, 7) is 1.99. The van der Waals surface area contributed by atoms with Crippen molar-refractivity contribution in [2.24, 2.45) is 0 Å². The van der Waals surface area contributed by atoms with Gasteiger partial charge in [-0.2, -0.15) is 5.26 Å². The molecular formula is C13H16N2O2. The molecule has 1 saturated heterocycles. The van der Waals surface area contributed by atoms with Gasteiger partial charge in [-0.05, 0) is 24.1 Å². The van der Waals surface area contributed by atoms with E-state index in [2.05, 4.69) is 0 Å². The Labute approximate surface area is 101 Å². The summed E-state index contributed by atoms with van der Waals surface area (Å²) in [5, 5.41) is 28.1. The highest BCUT2D eigenvalue weighted by atomic mass is 16.3. The van der Waals surface area contributed by atoms with Gasteiger partial charge in [-0.25, -0.2) is 0 Å². The van der Waals surface area contributed by atoms with E-state index in [1.165, 1.54) is 0 Å². The third-order valence-corrected chi connectivity index (χ3v) is 3.10. The Kier molecular flexibility index (Phi) is 3.75. The molecule has 1 heterocycles. The van der Waals surface area contributed by atoms with E-state index in [0.29, 0.717) is 18.7 Å². The molecule has 1 fully saturated rings. The molecule has 0 aliphatic carbocycles. The van der Waals surface area contributed by atoms with E-state index in [1.807, 2.05) is 11.0 Å². The van der Waals surface area contributed by atoms with Crippen molar-refractivity contribution in [1.29, 1.82) is 5.26 Å². The summed E-state index contributed by atoms with van der Waals surface area (Å²) >= 11 is 0. The lowest BCUT2D eigenvalue weighted by Crippen LogP contribution is -2.27. The first-order valence-electron chi connectivity index (χ1n) is 5.77. The second kappa shape index (κ2) is 5.28. The number of rotatable bonds is 3. The number of β-amino-alcohol motifs (C(OH)–C–C–N with tert-alkyl or cyclic N) is 2. The van der Waals surface area contributed by atoms with Crippen molar-refractivity contribution >= 4 is 0 Å². The summed E-state index contributed by atoms with van der Waals surface area (Å²) in [5.41, 5.74) is 1.41. The molecule has 17 heavy (non-hydrogen) atoms. The zero-order valence-corrected chi connectivity index (χ0v) is 9.58. The van der Waals surface area contributed by atoms with Crippen LogP contribution in [0.4, 0.5) is 0 Å². The second-order valence-corrected chi connectivity index (χ2v) is 4.45. The number of nitriles is 1. The maximum atomic E-state index is 10.0. The van der Waals surface area contributed by atoms with Crippen molar-refractivity contribution in [3.8, 4) is 6.07 Å². The lowest BCUT2D eigenvalue weighted by molar-refractivity contribution is 0.113. The maximum absolute atomic E-state index is 10.0. The van der Waals surface area contributed by atoms with Crippen molar-refractivity contribution < 1.29 is 10.2 Å². The van der Waals surface area contributed by atoms with Crippen molar-refractivity contribution in [2.75, 3.05) is 19.6 Å². The van der Waals surface area contributed by atoms with Crippen molar-refractivity contribution in [3.05, 3.63) is 35.4 Å². The monoisotopic (exact) mass is 232 g/mol. The van der Waals surface area contributed by atoms with E-state index in [9.17, 15) is 10.2 Å². The number of hydrogen-bond donors (Lipinski definition) is 2. The van der Waals surface area contributed by atoms with Gasteiger partial charge >= 0.3 is 0 Å². The first-order valence-corrected chi connectivity index (χ1v) is 5.77. The van der Waals surface area contributed by atoms with Crippen molar-refractivity contribution in [1.82, 2.24) is 4.90 Å². The fourth-order valence-corrected chi connectivity index (χ4v) is 2.11. The molecule has 2 N–H and O–H groups in total. The van der Waals surface area contributed by atoms with Crippen LogP contribution in [-0.2, 0) is 0 Å². The molecule has 1 aromatic rings. The molecule has 0 bridgehead atoms. The number of aliphatic hydroxyl groups is 2. The lowest BCUT2D eigenvalue weighted by atomic mass is 10.1. The third kappa shape index (κ3) is 3.04. The maximum Gasteiger partial charge on any atom is 0.0991 e. The topological polar surface area (TPSA) is 67.5 Å². The van der Waals surface area contributed by atoms with Gasteiger partial charge in [0.1, 0.15) is 0 Å². The van der Waals surface area contributed by atoms with Crippen LogP contribution in [0.15, 0.2) is 24.3 Å². The molecule has 2 rings (SSSR count). The van der Waals surface area contributed by atoms with Gasteiger partial charge in [-0.3, -0.25) is 4.90 Å². The summed E-state index contributed by atoms with van der Waals surface area (Å²) in [6.07, 6.45) is -0.0451. The van der Waals surface area contributed by atoms with Crippen LogP contribution in [-0.4, -0.2) is 40.9 Å². The Morgan fingerprint density at radius 3 is 2.65 bits per heavy atom. The van der Waals surface area contributed by atoms with E-state index in [0.717, 1.165) is 18.5 Å². The second-order valence-electron chi connectivity index (χ2n) is 4.45. The Morgan fingerprint density at radius 1 is 1.41 bits per heavy atom. The molecule has 0 spiro atoms. The molecule has 4 heteroatoms. The molecule has 90 valence electrons. The van der Waals surface area contributed by atoms with Gasteiger partial charge in [0, 0.05) is 19.6 Å². The molecule has 0 aromatic heterocycles. The summed E-state index contributed by atoms with van der Waals surface area (Å²) in [5.74, 6) is 0. The Morgan fingerprint density at radius 2 is 2.12 bits per heavy atom. The molecule has 0 saturated carbocycles. The first-order chi connectivity index (χ1) is 8.19. The van der Waals surface area contributed by atoms with Gasteiger partial charge in [0.05, 0.1) is 23.8 Å². The molecule has 0 amide bonds. The Hall–Kier alpha value is -1.41. The largest absolute Gasteiger partial charge is 0.392 e. The molecule has 1 aromatic carbocycles. The number of hydrogen-bond acceptors (Lipinski definition) is 4. The van der Waals surface area contributed by atoms with Crippen molar-refractivity contribution in [3.63, 3.8) is 0 Å². The SMILES string of the molecule is N#Cc1ccc(C(O)CN2CCC(O)C2)cc1. The highest BCUT2D eigenvalue weighted by Gasteiger charge is 2.22. The molecule has 2 unspecified atom stereocenters. The normalized spacial score (nSPS) is 22.3. The third-order valence-electron chi connectivity index (χ3n) is 3.10. The van der Waals surface area contributed by atoms with E-state index in [4.69, 9.17) is 5.26 Å². The van der Waals surface area contributed by atoms with Gasteiger partial charge in [-0.15, -0.1) is 0 Å². The van der Waals surface area contributed by atoms with Crippen LogP contribution < -0.4 is 0 Å². The van der Waals surface area contributed by atoms with E-state index in [-0.39, 0.29) is 6.10 Å². The zero-order valence-electron chi connectivity index (χ0n) is 9.58. The minimum absolute atomic E-state index is 0.261. The fourth-order valence-electron chi connectivity index (χ4n) is 2.11. The molecular weight excluding hydrogens is 216 g/mol. The lowest BCUT2D eigenvalue weighted by Gasteiger charge is -2.19. The zero-order chi connectivity index (χ0) is 12.3. The smallest absolute Gasteiger partial charge is 0.0991 e. The number of likely N-dealkylation sites (tertiary alicyclic amines) is 1. The van der Waals surface area contributed by atoms with Crippen LogP contribution in [0.5, 0.6) is 0 Å². The molecule has 1 aliphatic rings. The van der Waals surface area contributed by atoms with Crippen LogP contribution in [0.2, 0.25) is 0 Å². The quantitative estimate of drug-likeness (QED) is 0.803. The van der Waals surface area contributed by atoms with Gasteiger partial charge in [0.25, 0.3) is 0 Å². The minimum Gasteiger partial charge on any atom is -0.392 e. The predicted octanol–water partition coefficient (Wildman–Crippen LogP) is 0.658. The molecule has 1 aliphatic heterocycles. The van der Waals surface area contributed by atoms with Crippen LogP contribution in [0.1, 0.15) is 23.7 Å². The van der Waals surface area contributed by atoms with Gasteiger partial charge in [0.2, 0.25) is 0 Å². The van der Waals surface area contributed by atoms with Crippen LogP contribution in [0.25, 0.3) is 0 Å². The minimum atomic E-state index is -0.562.